The summed E-state index contributed by atoms with van der Waals surface area (Å²) >= 11 is 12.0. The third-order valence-corrected chi connectivity index (χ3v) is 2.89. The molecule has 1 aromatic heterocycles. The topological polar surface area (TPSA) is 70.7 Å². The molecule has 98 valence electrons. The first-order chi connectivity index (χ1) is 9.06. The van der Waals surface area contributed by atoms with Crippen LogP contribution in [0.5, 0.6) is 0 Å². The highest BCUT2D eigenvalue weighted by molar-refractivity contribution is 6.37. The number of amides is 1. The minimum absolute atomic E-state index is 0.220. The summed E-state index contributed by atoms with van der Waals surface area (Å²) in [5.74, 6) is 0.473. The highest BCUT2D eigenvalue weighted by Gasteiger charge is 2.05. The molecule has 0 spiro atoms. The molecule has 5 nitrogen and oxygen atoms in total. The van der Waals surface area contributed by atoms with Crippen molar-refractivity contribution >= 4 is 41.1 Å². The van der Waals surface area contributed by atoms with Crippen molar-refractivity contribution in [3.63, 3.8) is 0 Å². The number of benzene rings is 1. The van der Waals surface area contributed by atoms with Crippen molar-refractivity contribution in [1.82, 2.24) is 15.2 Å². The molecular weight excluding hydrogens is 287 g/mol. The smallest absolute Gasteiger partial charge is 0.250 e. The molecule has 0 saturated heterocycles. The zero-order chi connectivity index (χ0) is 13.8. The molecule has 0 radical (unpaired) electrons. The van der Waals surface area contributed by atoms with Gasteiger partial charge in [0.15, 0.2) is 0 Å². The van der Waals surface area contributed by atoms with E-state index in [1.807, 2.05) is 0 Å². The molecule has 0 atom stereocenters. The number of aryl methyl sites for hydroxylation is 1. The van der Waals surface area contributed by atoms with Crippen molar-refractivity contribution in [1.29, 1.82) is 0 Å². The van der Waals surface area contributed by atoms with Gasteiger partial charge in [0.1, 0.15) is 5.82 Å². The largest absolute Gasteiger partial charge is 0.290 e. The van der Waals surface area contributed by atoms with Gasteiger partial charge in [0.05, 0.1) is 0 Å². The van der Waals surface area contributed by atoms with Crippen LogP contribution in [0, 0.1) is 6.92 Å². The molecular formula is C12H10Cl2N4O. The van der Waals surface area contributed by atoms with Crippen molar-refractivity contribution < 1.29 is 4.79 Å². The quantitative estimate of drug-likeness (QED) is 0.855. The summed E-state index contributed by atoms with van der Waals surface area (Å²) in [5.41, 5.74) is 0.590. The normalized spacial score (nSPS) is 10.9. The minimum Gasteiger partial charge on any atom is -0.290 e. The van der Waals surface area contributed by atoms with Crippen LogP contribution in [0.15, 0.2) is 24.3 Å². The Bertz CT molecular complexity index is 616. The molecule has 1 aromatic carbocycles. The van der Waals surface area contributed by atoms with Crippen LogP contribution in [0.4, 0.5) is 5.95 Å². The predicted molar refractivity (Wildman–Crippen MR) is 75.2 cm³/mol. The number of aromatic nitrogens is 3. The van der Waals surface area contributed by atoms with Crippen LogP contribution in [-0.2, 0) is 4.79 Å². The molecule has 2 rings (SSSR count). The Morgan fingerprint density at radius 2 is 2.05 bits per heavy atom. The summed E-state index contributed by atoms with van der Waals surface area (Å²) in [6, 6.07) is 5.13. The zero-order valence-corrected chi connectivity index (χ0v) is 11.5. The summed E-state index contributed by atoms with van der Waals surface area (Å²) in [4.78, 5) is 15.6. The van der Waals surface area contributed by atoms with E-state index in [9.17, 15) is 4.79 Å². The van der Waals surface area contributed by atoms with Crippen molar-refractivity contribution in [3.8, 4) is 0 Å². The van der Waals surface area contributed by atoms with Gasteiger partial charge in [0, 0.05) is 21.7 Å². The number of halogens is 2. The molecule has 0 fully saturated rings. The molecule has 0 unspecified atom stereocenters. The second-order valence-electron chi connectivity index (χ2n) is 3.70. The summed E-state index contributed by atoms with van der Waals surface area (Å²) in [6.45, 7) is 1.74. The van der Waals surface area contributed by atoms with E-state index in [-0.39, 0.29) is 11.9 Å². The van der Waals surface area contributed by atoms with Crippen LogP contribution in [0.2, 0.25) is 10.0 Å². The SMILES string of the molecule is Cc1nc(NC(=O)/C=C/c2c(Cl)cccc2Cl)n[nH]1. The van der Waals surface area contributed by atoms with Crippen molar-refractivity contribution in [3.05, 3.63) is 45.7 Å². The van der Waals surface area contributed by atoms with Gasteiger partial charge >= 0.3 is 0 Å². The molecule has 19 heavy (non-hydrogen) atoms. The summed E-state index contributed by atoms with van der Waals surface area (Å²) in [6.07, 6.45) is 2.86. The maximum absolute atomic E-state index is 11.6. The number of aromatic amines is 1. The van der Waals surface area contributed by atoms with Gasteiger partial charge in [-0.1, -0.05) is 29.3 Å². The standard InChI is InChI=1S/C12H10Cl2N4O/c1-7-15-12(18-17-7)16-11(19)6-5-8-9(13)3-2-4-10(8)14/h2-6H,1H3,(H2,15,16,17,18,19)/b6-5+. The molecule has 7 heteroatoms. The Morgan fingerprint density at radius 3 is 2.63 bits per heavy atom. The second kappa shape index (κ2) is 5.86. The number of carbonyl (C=O) groups is 1. The molecule has 1 amide bonds. The fourth-order valence-electron chi connectivity index (χ4n) is 1.38. The second-order valence-corrected chi connectivity index (χ2v) is 4.52. The number of anilines is 1. The summed E-state index contributed by atoms with van der Waals surface area (Å²) < 4.78 is 0. The number of hydrogen-bond acceptors (Lipinski definition) is 3. The van der Waals surface area contributed by atoms with Crippen molar-refractivity contribution in [2.75, 3.05) is 5.32 Å². The maximum atomic E-state index is 11.6. The van der Waals surface area contributed by atoms with E-state index in [2.05, 4.69) is 20.5 Å². The lowest BCUT2D eigenvalue weighted by molar-refractivity contribution is -0.111. The van der Waals surface area contributed by atoms with Crippen LogP contribution in [0.3, 0.4) is 0 Å². The highest BCUT2D eigenvalue weighted by Crippen LogP contribution is 2.25. The first-order valence-electron chi connectivity index (χ1n) is 5.38. The van der Waals surface area contributed by atoms with Crippen LogP contribution < -0.4 is 5.32 Å². The molecule has 1 heterocycles. The highest BCUT2D eigenvalue weighted by atomic mass is 35.5. The van der Waals surface area contributed by atoms with Crippen molar-refractivity contribution in [2.24, 2.45) is 0 Å². The number of carbonyl (C=O) groups excluding carboxylic acids is 1. The van der Waals surface area contributed by atoms with Crippen molar-refractivity contribution in [2.45, 2.75) is 6.92 Å². The monoisotopic (exact) mass is 296 g/mol. The fraction of sp³-hybridized carbons (Fsp3) is 0.0833. The molecule has 0 saturated carbocycles. The average molecular weight is 297 g/mol. The Morgan fingerprint density at radius 1 is 1.37 bits per heavy atom. The lowest BCUT2D eigenvalue weighted by atomic mass is 10.2. The van der Waals surface area contributed by atoms with Crippen LogP contribution in [-0.4, -0.2) is 21.1 Å². The third kappa shape index (κ3) is 3.56. The average Bonchev–Trinajstić information content (AvgIpc) is 2.74. The lowest BCUT2D eigenvalue weighted by Crippen LogP contribution is -2.09. The Hall–Kier alpha value is -1.85. The van der Waals surface area contributed by atoms with E-state index in [1.165, 1.54) is 6.08 Å². The van der Waals surface area contributed by atoms with Crippen LogP contribution in [0.1, 0.15) is 11.4 Å². The molecule has 0 aliphatic rings. The molecule has 0 aliphatic heterocycles. The Labute approximate surface area is 119 Å². The summed E-state index contributed by atoms with van der Waals surface area (Å²) in [7, 11) is 0. The minimum atomic E-state index is -0.366. The molecule has 2 N–H and O–H groups in total. The van der Waals surface area contributed by atoms with Gasteiger partial charge in [0.2, 0.25) is 5.95 Å². The number of nitrogens with one attached hydrogen (secondary N) is 2. The summed E-state index contributed by atoms with van der Waals surface area (Å²) in [5, 5.41) is 9.88. The molecule has 2 aromatic rings. The van der Waals surface area contributed by atoms with E-state index in [4.69, 9.17) is 23.2 Å². The number of nitrogens with zero attached hydrogens (tertiary/aromatic N) is 2. The Balaban J connectivity index is 2.08. The molecule has 0 bridgehead atoms. The number of H-pyrrole nitrogens is 1. The van der Waals surface area contributed by atoms with Gasteiger partial charge in [-0.2, -0.15) is 4.98 Å². The Kier molecular flexibility index (Phi) is 4.19. The first kappa shape index (κ1) is 13.6. The van der Waals surface area contributed by atoms with E-state index < -0.39 is 0 Å². The van der Waals surface area contributed by atoms with Gasteiger partial charge in [-0.3, -0.25) is 15.2 Å². The van der Waals surface area contributed by atoms with E-state index in [0.717, 1.165) is 0 Å². The lowest BCUT2D eigenvalue weighted by Gasteiger charge is -2.00. The number of rotatable bonds is 3. The first-order valence-corrected chi connectivity index (χ1v) is 6.14. The third-order valence-electron chi connectivity index (χ3n) is 2.23. The van der Waals surface area contributed by atoms with E-state index >= 15 is 0 Å². The number of hydrogen-bond donors (Lipinski definition) is 2. The van der Waals surface area contributed by atoms with Gasteiger partial charge < -0.3 is 0 Å². The van der Waals surface area contributed by atoms with Gasteiger partial charge in [0.25, 0.3) is 5.91 Å². The maximum Gasteiger partial charge on any atom is 0.250 e. The van der Waals surface area contributed by atoms with Gasteiger partial charge in [-0.25, -0.2) is 0 Å². The van der Waals surface area contributed by atoms with Crippen LogP contribution in [0.25, 0.3) is 6.08 Å². The van der Waals surface area contributed by atoms with E-state index in [0.29, 0.717) is 21.4 Å². The van der Waals surface area contributed by atoms with E-state index in [1.54, 1.807) is 31.2 Å². The molecule has 0 aliphatic carbocycles. The predicted octanol–water partition coefficient (Wildman–Crippen LogP) is 3.07. The zero-order valence-electron chi connectivity index (χ0n) is 9.95. The fourth-order valence-corrected chi connectivity index (χ4v) is 1.90. The van der Waals surface area contributed by atoms with Gasteiger partial charge in [-0.05, 0) is 25.1 Å². The van der Waals surface area contributed by atoms with Crippen LogP contribution >= 0.6 is 23.2 Å². The van der Waals surface area contributed by atoms with Gasteiger partial charge in [-0.15, -0.1) is 5.10 Å².